The highest BCUT2D eigenvalue weighted by Crippen LogP contribution is 2.24. The number of nitrogens with zero attached hydrogens (tertiary/aromatic N) is 8. The van der Waals surface area contributed by atoms with E-state index < -0.39 is 322 Å². The second kappa shape index (κ2) is 68.2. The molecule has 59 heteroatoms. The van der Waals surface area contributed by atoms with Crippen LogP contribution in [-0.2, 0) is 123 Å². The van der Waals surface area contributed by atoms with Crippen molar-refractivity contribution in [2.24, 2.45) is 75.3 Å². The van der Waals surface area contributed by atoms with E-state index in [1.165, 1.54) is 38.3 Å². The van der Waals surface area contributed by atoms with Crippen molar-refractivity contribution in [2.75, 3.05) is 206 Å². The van der Waals surface area contributed by atoms with Crippen LogP contribution in [0.2, 0.25) is 0 Å². The summed E-state index contributed by atoms with van der Waals surface area (Å²) in [5.41, 5.74) is 51.9. The summed E-state index contributed by atoms with van der Waals surface area (Å²) in [5, 5.41) is 21.8. The maximum absolute atomic E-state index is 14.7. The average molecular weight is 2230 g/mol. The molecule has 0 aliphatic heterocycles. The number of amides is 9. The number of nitrogens with one attached hydrogen (secondary N) is 8. The second-order valence-corrected chi connectivity index (χ2v) is 54.5. The fourth-order valence-corrected chi connectivity index (χ4v) is 25.5. The lowest BCUT2D eigenvalue weighted by molar-refractivity contribution is -0.124. The standard InChI is InChI=1S/C86H173N25O26S8/c1-64(2)44-74(52-107(55-79(95)113)141(127,128)41-38-92)101-81(115)57-106(140(13,125)126)48-71(26-16-21-35-89)98-84(118)61-110(144(133,134)63-67(7)8)54-76(46-66(5)6)102-82(116)58-105(139(12,123)124)47-70(25-15-20-34-88)97-83(117)59-109(143(131,132)43-40-94)53-75(45-65(3)4)103-85(119)60-108(142(129,130)42-39-93)50-73(28-18-23-37-91)100-80(114)56-104(138(11,121)122)49-72(27-17-22-36-90)99-86(120)62-111(51-69(96-68(9)112)24-14-19-33-87)145(135,136)78-31-29-77(137-10)30-32-78/h29-32,64-67,69-76H,14-28,33-63,87-94H2,1-13H3,(H2,95,113)(H,96,112)(H,97,117)(H,98,118)(H,99,120)(H,100,114)(H,101,115)(H,102,116)(H,103,119)/t69-,70-,71-,72-,73-,74-,75-,76-/m0/s1. The Hall–Kier alpha value is -6.79. The van der Waals surface area contributed by atoms with Gasteiger partial charge in [0.15, 0.2) is 0 Å². The maximum Gasteiger partial charge on any atom is 0.243 e. The molecule has 1 rings (SSSR count). The normalized spacial score (nSPS) is 14.5. The van der Waals surface area contributed by atoms with Gasteiger partial charge in [0, 0.05) is 127 Å². The molecule has 0 aromatic heterocycles. The van der Waals surface area contributed by atoms with Gasteiger partial charge in [0.05, 0.1) is 106 Å². The van der Waals surface area contributed by atoms with E-state index in [9.17, 15) is 110 Å². The van der Waals surface area contributed by atoms with Gasteiger partial charge in [-0.15, -0.1) is 0 Å². The van der Waals surface area contributed by atoms with Crippen molar-refractivity contribution >= 4 is 133 Å². The number of nitrogens with two attached hydrogens (primary N) is 9. The van der Waals surface area contributed by atoms with Gasteiger partial charge < -0.3 is 98.9 Å². The summed E-state index contributed by atoms with van der Waals surface area (Å²) in [6, 6.07) is -3.41. The van der Waals surface area contributed by atoms with Crippen LogP contribution in [0.15, 0.2) is 29.2 Å². The van der Waals surface area contributed by atoms with E-state index in [-0.39, 0.29) is 126 Å². The first-order valence-electron chi connectivity index (χ1n) is 49.0. The van der Waals surface area contributed by atoms with Crippen LogP contribution >= 0.6 is 0 Å². The van der Waals surface area contributed by atoms with Gasteiger partial charge in [-0.05, 0) is 164 Å². The van der Waals surface area contributed by atoms with Gasteiger partial charge in [-0.1, -0.05) is 87.5 Å². The minimum atomic E-state index is -4.58. The monoisotopic (exact) mass is 2230 g/mol. The van der Waals surface area contributed by atoms with Crippen LogP contribution < -0.4 is 98.9 Å². The van der Waals surface area contributed by atoms with Gasteiger partial charge in [0.1, 0.15) is 5.75 Å². The van der Waals surface area contributed by atoms with Crippen LogP contribution in [0.25, 0.3) is 0 Å². The highest BCUT2D eigenvalue weighted by molar-refractivity contribution is 7.90. The molecule has 0 fully saturated rings. The fourth-order valence-electron chi connectivity index (χ4n) is 16.0. The number of primary amides is 1. The van der Waals surface area contributed by atoms with Crippen LogP contribution in [0.5, 0.6) is 5.75 Å². The molecular formula is C86H173N25O26S8. The van der Waals surface area contributed by atoms with Crippen LogP contribution in [0, 0.1) is 23.7 Å². The van der Waals surface area contributed by atoms with Crippen LogP contribution in [0.1, 0.15) is 178 Å². The number of carbonyl (C=O) groups is 9. The number of unbranched alkanes of at least 4 members (excludes halogenated alkanes) is 5. The number of rotatable bonds is 84. The summed E-state index contributed by atoms with van der Waals surface area (Å²) >= 11 is 0. The largest absolute Gasteiger partial charge is 0.497 e. The van der Waals surface area contributed by atoms with Crippen molar-refractivity contribution < 1.29 is 115 Å². The first-order valence-corrected chi connectivity index (χ1v) is 62.4. The number of hydrogen-bond acceptors (Lipinski definition) is 34. The quantitative estimate of drug-likeness (QED) is 0.0270. The lowest BCUT2D eigenvalue weighted by Crippen LogP contribution is -2.55. The molecule has 8 atom stereocenters. The Balaban J connectivity index is 3.90. The molecule has 26 N–H and O–H groups in total. The minimum Gasteiger partial charge on any atom is -0.497 e. The molecule has 9 amide bonds. The van der Waals surface area contributed by atoms with E-state index in [0.29, 0.717) is 63.7 Å². The molecule has 0 radical (unpaired) electrons. The summed E-state index contributed by atoms with van der Waals surface area (Å²) in [6.45, 7) is 2.97. The third-order valence-electron chi connectivity index (χ3n) is 22.6. The SMILES string of the molecule is COc1ccc(S(=O)(=O)N(CC(=O)N[C@@H](CCCCN)CN(CC(=O)N[C@@H](CCCCN)CN(CC(=O)N[C@@H](CC(C)C)CN(CC(=O)N[C@@H](CCCCN)CN(CC(=O)N[C@@H](CC(C)C)CN(CC(=O)N[C@@H](CCCCN)CN(CC(=O)N[C@@H](CC(C)C)CN(CC(N)=O)S(=O)(=O)CCN)S(C)(=O)=O)S(=O)(=O)CC(C)C)S(C)(=O)=O)S(=O)(=O)CCN)S(=O)(=O)CCN)S(C)(=O)=O)C[C@H](CCCCN)NC(C)=O)cc1. The van der Waals surface area contributed by atoms with Crippen molar-refractivity contribution in [1.82, 2.24) is 77.0 Å². The molecule has 145 heavy (non-hydrogen) atoms. The zero-order chi connectivity index (χ0) is 111. The molecule has 0 spiro atoms. The molecule has 0 aliphatic carbocycles. The number of benzene rings is 1. The second-order valence-electron chi connectivity index (χ2n) is 38.3. The van der Waals surface area contributed by atoms with Gasteiger partial charge in [-0.3, -0.25) is 43.2 Å². The van der Waals surface area contributed by atoms with Gasteiger partial charge in [-0.25, -0.2) is 67.3 Å². The average Bonchev–Trinajstić information content (AvgIpc) is 0.803. The van der Waals surface area contributed by atoms with E-state index >= 15 is 0 Å². The summed E-state index contributed by atoms with van der Waals surface area (Å²) in [6.07, 6.45) is 6.43. The zero-order valence-corrected chi connectivity index (χ0v) is 93.5. The van der Waals surface area contributed by atoms with Gasteiger partial charge in [0.2, 0.25) is 133 Å². The van der Waals surface area contributed by atoms with E-state index in [1.54, 1.807) is 55.4 Å². The topological polar surface area (TPSA) is 792 Å². The highest BCUT2D eigenvalue weighted by Gasteiger charge is 2.40. The molecule has 1 aromatic carbocycles. The molecule has 0 heterocycles. The number of ether oxygens (including phenoxy) is 1. The van der Waals surface area contributed by atoms with Crippen molar-refractivity contribution in [2.45, 2.75) is 231 Å². The predicted molar refractivity (Wildman–Crippen MR) is 558 cm³/mol. The summed E-state index contributed by atoms with van der Waals surface area (Å²) in [5.74, 6) is -11.8. The van der Waals surface area contributed by atoms with Crippen molar-refractivity contribution in [1.29, 1.82) is 0 Å². The number of hydrogen-bond donors (Lipinski definition) is 17. The third-order valence-corrected chi connectivity index (χ3v) is 35.7. The van der Waals surface area contributed by atoms with Crippen LogP contribution in [-0.4, -0.2) is 409 Å². The number of carbonyl (C=O) groups excluding carboxylic acids is 9. The van der Waals surface area contributed by atoms with Crippen LogP contribution in [0.4, 0.5) is 0 Å². The Labute approximate surface area is 862 Å². The van der Waals surface area contributed by atoms with Gasteiger partial charge in [-0.2, -0.15) is 34.4 Å². The van der Waals surface area contributed by atoms with Crippen molar-refractivity contribution in [3.05, 3.63) is 24.3 Å². The zero-order valence-electron chi connectivity index (χ0n) is 86.9. The van der Waals surface area contributed by atoms with E-state index in [4.69, 9.17) is 56.3 Å². The maximum atomic E-state index is 14.7. The molecular weight excluding hydrogens is 2060 g/mol. The number of methoxy groups -OCH3 is 1. The summed E-state index contributed by atoms with van der Waals surface area (Å²) in [4.78, 5) is 125. The summed E-state index contributed by atoms with van der Waals surface area (Å²) in [7, 11) is -34.1. The molecule has 0 bridgehead atoms. The smallest absolute Gasteiger partial charge is 0.243 e. The Morgan fingerprint density at radius 2 is 0.510 bits per heavy atom. The molecule has 1 aromatic rings. The molecule has 51 nitrogen and oxygen atoms in total. The van der Waals surface area contributed by atoms with Gasteiger partial charge >= 0.3 is 0 Å². The Bertz CT molecular complexity index is 5090. The molecule has 0 saturated heterocycles. The van der Waals surface area contributed by atoms with E-state index in [1.807, 2.05) is 0 Å². The van der Waals surface area contributed by atoms with Crippen LogP contribution in [0.3, 0.4) is 0 Å². The van der Waals surface area contributed by atoms with Gasteiger partial charge in [0.25, 0.3) is 0 Å². The fraction of sp³-hybridized carbons (Fsp3) is 0.826. The first-order chi connectivity index (χ1) is 67.4. The minimum absolute atomic E-state index is 0.0121. The van der Waals surface area contributed by atoms with E-state index in [2.05, 4.69) is 42.5 Å². The lowest BCUT2D eigenvalue weighted by atomic mass is 10.0. The molecule has 0 aliphatic rings. The molecule has 0 unspecified atom stereocenters. The highest BCUT2D eigenvalue weighted by atomic mass is 32.2. The first kappa shape index (κ1) is 136. The lowest BCUT2D eigenvalue weighted by Gasteiger charge is -2.32. The third kappa shape index (κ3) is 57.3. The Morgan fingerprint density at radius 3 is 0.738 bits per heavy atom. The van der Waals surface area contributed by atoms with Crippen molar-refractivity contribution in [3.8, 4) is 5.75 Å². The number of sulfonamides is 8. The summed E-state index contributed by atoms with van der Waals surface area (Å²) < 4.78 is 236. The van der Waals surface area contributed by atoms with Crippen molar-refractivity contribution in [3.63, 3.8) is 0 Å². The molecule has 846 valence electrons. The molecule has 0 saturated carbocycles. The predicted octanol–water partition coefficient (Wildman–Crippen LogP) is -6.30. The Morgan fingerprint density at radius 1 is 0.290 bits per heavy atom. The van der Waals surface area contributed by atoms with E-state index in [0.717, 1.165) is 53.2 Å². The Kier molecular flexibility index (Phi) is 64.1.